The number of nitrogens with one attached hydrogen (secondary N) is 2. The first kappa shape index (κ1) is 28.1. The van der Waals surface area contributed by atoms with Crippen molar-refractivity contribution in [1.82, 2.24) is 25.5 Å². The Balaban J connectivity index is 1.35. The van der Waals surface area contributed by atoms with Crippen LogP contribution in [0.25, 0.3) is 0 Å². The molecule has 5 rings (SSSR count). The minimum absolute atomic E-state index is 0.0729. The van der Waals surface area contributed by atoms with Crippen LogP contribution in [0.4, 0.5) is 23.9 Å². The molecule has 12 heteroatoms. The van der Waals surface area contributed by atoms with Crippen LogP contribution in [0.5, 0.6) is 0 Å². The molecule has 40 heavy (non-hydrogen) atoms. The Kier molecular flexibility index (Phi) is 7.89. The third-order valence-electron chi connectivity index (χ3n) is 7.51. The van der Waals surface area contributed by atoms with E-state index in [4.69, 9.17) is 4.74 Å². The highest BCUT2D eigenvalue weighted by atomic mass is 19.2. The Morgan fingerprint density at radius 1 is 0.975 bits per heavy atom. The van der Waals surface area contributed by atoms with Crippen molar-refractivity contribution >= 4 is 17.9 Å². The molecule has 2 atom stereocenters. The molecule has 2 aliphatic heterocycles. The third-order valence-corrected chi connectivity index (χ3v) is 7.51. The van der Waals surface area contributed by atoms with Crippen molar-refractivity contribution in [3.05, 3.63) is 53.1 Å². The lowest BCUT2D eigenvalue weighted by Gasteiger charge is -2.35. The monoisotopic (exact) mass is 560 g/mol. The lowest BCUT2D eigenvalue weighted by molar-refractivity contribution is 0.0503. The number of hydrogen-bond donors (Lipinski definition) is 2. The largest absolute Gasteiger partial charge is 0.444 e. The van der Waals surface area contributed by atoms with Crippen molar-refractivity contribution in [1.29, 1.82) is 0 Å². The number of ether oxygens (including phenoxy) is 1. The van der Waals surface area contributed by atoms with Crippen molar-refractivity contribution in [2.24, 2.45) is 0 Å². The molecule has 1 saturated carbocycles. The molecule has 1 aromatic carbocycles. The summed E-state index contributed by atoms with van der Waals surface area (Å²) in [5.74, 6) is -3.94. The number of hydrogen-bond acceptors (Lipinski definition) is 7. The maximum absolute atomic E-state index is 14.8. The quantitative estimate of drug-likeness (QED) is 0.520. The zero-order valence-corrected chi connectivity index (χ0v) is 22.9. The van der Waals surface area contributed by atoms with E-state index in [2.05, 4.69) is 20.6 Å². The van der Waals surface area contributed by atoms with Gasteiger partial charge in [0.05, 0.1) is 11.6 Å². The van der Waals surface area contributed by atoms with Gasteiger partial charge in [-0.25, -0.2) is 27.9 Å². The molecule has 1 aromatic heterocycles. The summed E-state index contributed by atoms with van der Waals surface area (Å²) in [4.78, 5) is 38.5. The van der Waals surface area contributed by atoms with Crippen molar-refractivity contribution in [2.45, 2.75) is 76.1 Å². The van der Waals surface area contributed by atoms with Gasteiger partial charge in [0.25, 0.3) is 5.91 Å². The zero-order chi connectivity index (χ0) is 28.6. The smallest absolute Gasteiger partial charge is 0.407 e. The van der Waals surface area contributed by atoms with Crippen LogP contribution < -0.4 is 15.5 Å². The van der Waals surface area contributed by atoms with Crippen LogP contribution >= 0.6 is 0 Å². The normalized spacial score (nSPS) is 21.8. The van der Waals surface area contributed by atoms with E-state index in [0.717, 1.165) is 44.8 Å². The number of alkyl carbamates (subject to hydrolysis) is 1. The molecule has 0 unspecified atom stereocenters. The van der Waals surface area contributed by atoms with Crippen molar-refractivity contribution in [3.8, 4) is 0 Å². The van der Waals surface area contributed by atoms with E-state index < -0.39 is 41.1 Å². The highest BCUT2D eigenvalue weighted by molar-refractivity contribution is 5.94. The maximum Gasteiger partial charge on any atom is 0.407 e. The minimum Gasteiger partial charge on any atom is -0.444 e. The van der Waals surface area contributed by atoms with Gasteiger partial charge in [-0.2, -0.15) is 0 Å². The van der Waals surface area contributed by atoms with E-state index in [1.807, 2.05) is 4.90 Å². The Labute approximate surface area is 231 Å². The van der Waals surface area contributed by atoms with Gasteiger partial charge < -0.3 is 25.2 Å². The molecule has 1 aliphatic carbocycles. The molecule has 3 aliphatic rings. The fourth-order valence-electron chi connectivity index (χ4n) is 5.52. The number of carbonyl (C=O) groups is 2. The van der Waals surface area contributed by atoms with Crippen LogP contribution in [0.15, 0.2) is 24.5 Å². The fourth-order valence-corrected chi connectivity index (χ4v) is 5.52. The Hall–Kier alpha value is -3.41. The number of aromatic nitrogens is 2. The van der Waals surface area contributed by atoms with Crippen molar-refractivity contribution in [2.75, 3.05) is 31.1 Å². The molecular weight excluding hydrogens is 525 g/mol. The molecule has 0 spiro atoms. The molecule has 2 saturated heterocycles. The SMILES string of the molecule is CC(C)(C)OC(=O)N[C@H]1CN(c2ncc(C(=O)N(C3CCNCC3)C3CC3)cn2)C[C@@H]1c1cc(F)c(F)cc1F. The first-order valence-electron chi connectivity index (χ1n) is 13.7. The highest BCUT2D eigenvalue weighted by Gasteiger charge is 2.40. The van der Waals surface area contributed by atoms with Gasteiger partial charge in [0, 0.05) is 49.6 Å². The topological polar surface area (TPSA) is 99.7 Å². The minimum atomic E-state index is -1.29. The fraction of sp³-hybridized carbons (Fsp3) is 0.571. The summed E-state index contributed by atoms with van der Waals surface area (Å²) in [6.07, 6.45) is 6.07. The average Bonchev–Trinajstić information content (AvgIpc) is 3.65. The molecule has 0 radical (unpaired) electrons. The molecule has 216 valence electrons. The van der Waals surface area contributed by atoms with Gasteiger partial charge >= 0.3 is 6.09 Å². The van der Waals surface area contributed by atoms with E-state index in [1.165, 1.54) is 12.4 Å². The summed E-state index contributed by atoms with van der Waals surface area (Å²) < 4.78 is 47.9. The van der Waals surface area contributed by atoms with E-state index in [9.17, 15) is 22.8 Å². The average molecular weight is 561 g/mol. The van der Waals surface area contributed by atoms with Crippen LogP contribution in [0.3, 0.4) is 0 Å². The van der Waals surface area contributed by atoms with Gasteiger partial charge in [-0.3, -0.25) is 4.79 Å². The van der Waals surface area contributed by atoms with Crippen LogP contribution in [0.1, 0.15) is 68.3 Å². The number of halogens is 3. The summed E-state index contributed by atoms with van der Waals surface area (Å²) >= 11 is 0. The van der Waals surface area contributed by atoms with Crippen LogP contribution in [-0.2, 0) is 4.74 Å². The number of piperidine rings is 1. The van der Waals surface area contributed by atoms with Crippen molar-refractivity contribution in [3.63, 3.8) is 0 Å². The predicted molar refractivity (Wildman–Crippen MR) is 142 cm³/mol. The first-order chi connectivity index (χ1) is 19.0. The third kappa shape index (κ3) is 6.32. The van der Waals surface area contributed by atoms with Gasteiger partial charge in [0.2, 0.25) is 5.95 Å². The van der Waals surface area contributed by atoms with E-state index in [0.29, 0.717) is 11.6 Å². The summed E-state index contributed by atoms with van der Waals surface area (Å²) in [6, 6.07) is 1.05. The molecule has 2 aromatic rings. The number of anilines is 1. The Morgan fingerprint density at radius 3 is 2.23 bits per heavy atom. The molecule has 3 heterocycles. The molecule has 2 N–H and O–H groups in total. The summed E-state index contributed by atoms with van der Waals surface area (Å²) in [5, 5.41) is 6.07. The van der Waals surface area contributed by atoms with E-state index in [1.54, 1.807) is 25.7 Å². The standard InChI is InChI=1S/C28H35F3N6O3/c1-28(2,3)40-27(39)35-24-15-36(14-20(24)19-10-22(30)23(31)11-21(19)29)26-33-12-16(13-34-26)25(38)37(17-4-5-17)18-6-8-32-9-7-18/h10-13,17-18,20,24,32H,4-9,14-15H2,1-3H3,(H,35,39)/t20-,24+/m1/s1. The lowest BCUT2D eigenvalue weighted by atomic mass is 9.93. The number of rotatable bonds is 6. The molecular formula is C28H35F3N6O3. The molecule has 3 fully saturated rings. The number of nitrogens with zero attached hydrogens (tertiary/aromatic N) is 4. The van der Waals surface area contributed by atoms with Crippen LogP contribution in [-0.4, -0.2) is 76.8 Å². The Morgan fingerprint density at radius 2 is 1.60 bits per heavy atom. The van der Waals surface area contributed by atoms with Crippen LogP contribution in [0, 0.1) is 17.5 Å². The summed E-state index contributed by atoms with van der Waals surface area (Å²) in [6.45, 7) is 7.19. The molecule has 9 nitrogen and oxygen atoms in total. The van der Waals surface area contributed by atoms with Gasteiger partial charge in [0.1, 0.15) is 11.4 Å². The second kappa shape index (κ2) is 11.2. The van der Waals surface area contributed by atoms with Gasteiger partial charge in [-0.1, -0.05) is 0 Å². The second-order valence-corrected chi connectivity index (χ2v) is 11.7. The van der Waals surface area contributed by atoms with Crippen molar-refractivity contribution < 1.29 is 27.5 Å². The van der Waals surface area contributed by atoms with E-state index >= 15 is 0 Å². The van der Waals surface area contributed by atoms with Gasteiger partial charge in [0.15, 0.2) is 11.6 Å². The Bertz CT molecular complexity index is 1250. The summed E-state index contributed by atoms with van der Waals surface area (Å²) in [5.41, 5.74) is -0.449. The number of amides is 2. The maximum atomic E-state index is 14.8. The second-order valence-electron chi connectivity index (χ2n) is 11.7. The number of benzene rings is 1. The van der Waals surface area contributed by atoms with Gasteiger partial charge in [-0.05, 0) is 71.2 Å². The number of carbonyl (C=O) groups excluding carboxylic acids is 2. The zero-order valence-electron chi connectivity index (χ0n) is 22.9. The lowest BCUT2D eigenvalue weighted by Crippen LogP contribution is -2.47. The van der Waals surface area contributed by atoms with E-state index in [-0.39, 0.29) is 42.6 Å². The van der Waals surface area contributed by atoms with Crippen LogP contribution in [0.2, 0.25) is 0 Å². The summed E-state index contributed by atoms with van der Waals surface area (Å²) in [7, 11) is 0. The highest BCUT2D eigenvalue weighted by Crippen LogP contribution is 2.34. The predicted octanol–water partition coefficient (Wildman–Crippen LogP) is 3.75. The molecule has 2 amide bonds. The molecule has 0 bridgehead atoms. The first-order valence-corrected chi connectivity index (χ1v) is 13.7. The van der Waals surface area contributed by atoms with Gasteiger partial charge in [-0.15, -0.1) is 0 Å².